The summed E-state index contributed by atoms with van der Waals surface area (Å²) in [5, 5.41) is -0.443. The topological polar surface area (TPSA) is 67.3 Å². The molecule has 5 nitrogen and oxygen atoms in total. The molecule has 0 N–H and O–H groups in total. The maximum absolute atomic E-state index is 12.3. The number of nitrogens with zero attached hydrogens (tertiary/aromatic N) is 2. The van der Waals surface area contributed by atoms with Crippen molar-refractivity contribution in [1.82, 2.24) is 9.88 Å². The number of imide groups is 1. The summed E-state index contributed by atoms with van der Waals surface area (Å²) in [4.78, 5) is 41.8. The zero-order valence-corrected chi connectivity index (χ0v) is 12.8. The van der Waals surface area contributed by atoms with Crippen LogP contribution in [-0.4, -0.2) is 33.4 Å². The van der Waals surface area contributed by atoms with Crippen LogP contribution in [0.4, 0.5) is 4.79 Å². The first-order chi connectivity index (χ1) is 11.1. The zero-order valence-electron chi connectivity index (χ0n) is 12.0. The van der Waals surface area contributed by atoms with Gasteiger partial charge in [0.25, 0.3) is 11.1 Å². The maximum atomic E-state index is 12.3. The van der Waals surface area contributed by atoms with Crippen LogP contribution in [-0.2, 0) is 4.79 Å². The standard InChI is InChI=1S/C17H12N2O3S/c20-14(12-6-2-1-3-7-12)11-19-16(21)15(23-17(19)22)10-13-8-4-5-9-18-13/h1-10H,11H2/b15-10+. The average molecular weight is 324 g/mol. The molecule has 1 saturated heterocycles. The minimum Gasteiger partial charge on any atom is -0.292 e. The Balaban J connectivity index is 1.77. The Labute approximate surface area is 137 Å². The minimum absolute atomic E-state index is 0.256. The van der Waals surface area contributed by atoms with Gasteiger partial charge in [-0.15, -0.1) is 0 Å². The van der Waals surface area contributed by atoms with E-state index < -0.39 is 11.1 Å². The Kier molecular flexibility index (Phi) is 4.34. The molecular formula is C17H12N2O3S. The van der Waals surface area contributed by atoms with Crippen LogP contribution in [0.3, 0.4) is 0 Å². The number of carbonyl (C=O) groups excluding carboxylic acids is 3. The molecule has 0 aliphatic carbocycles. The van der Waals surface area contributed by atoms with E-state index in [1.165, 1.54) is 0 Å². The number of hydrogen-bond acceptors (Lipinski definition) is 5. The summed E-state index contributed by atoms with van der Waals surface area (Å²) in [5.74, 6) is -0.734. The smallest absolute Gasteiger partial charge is 0.292 e. The Morgan fingerprint density at radius 3 is 2.52 bits per heavy atom. The third-order valence-corrected chi connectivity index (χ3v) is 4.15. The van der Waals surface area contributed by atoms with Crippen LogP contribution >= 0.6 is 11.8 Å². The highest BCUT2D eigenvalue weighted by molar-refractivity contribution is 8.18. The summed E-state index contributed by atoms with van der Waals surface area (Å²) in [6, 6.07) is 13.9. The van der Waals surface area contributed by atoms with Crippen molar-refractivity contribution < 1.29 is 14.4 Å². The van der Waals surface area contributed by atoms with Gasteiger partial charge in [-0.1, -0.05) is 36.4 Å². The molecule has 0 bridgehead atoms. The molecule has 1 aliphatic heterocycles. The van der Waals surface area contributed by atoms with Gasteiger partial charge in [0.1, 0.15) is 0 Å². The molecule has 1 aromatic heterocycles. The fourth-order valence-corrected chi connectivity index (χ4v) is 2.91. The van der Waals surface area contributed by atoms with Crippen molar-refractivity contribution in [3.8, 4) is 0 Å². The van der Waals surface area contributed by atoms with Crippen LogP contribution in [0.2, 0.25) is 0 Å². The highest BCUT2D eigenvalue weighted by Gasteiger charge is 2.36. The molecule has 2 amide bonds. The van der Waals surface area contributed by atoms with Gasteiger partial charge in [0.05, 0.1) is 17.1 Å². The normalized spacial score (nSPS) is 16.2. The number of thioether (sulfide) groups is 1. The molecule has 0 radical (unpaired) electrons. The minimum atomic E-state index is -0.463. The highest BCUT2D eigenvalue weighted by atomic mass is 32.2. The largest absolute Gasteiger partial charge is 0.293 e. The summed E-state index contributed by atoms with van der Waals surface area (Å²) in [5.41, 5.74) is 1.06. The van der Waals surface area contributed by atoms with Crippen molar-refractivity contribution in [2.45, 2.75) is 0 Å². The second-order valence-corrected chi connectivity index (χ2v) is 5.80. The molecule has 114 valence electrons. The van der Waals surface area contributed by atoms with Gasteiger partial charge < -0.3 is 0 Å². The van der Waals surface area contributed by atoms with Crippen molar-refractivity contribution in [3.63, 3.8) is 0 Å². The predicted octanol–water partition coefficient (Wildman–Crippen LogP) is 3.00. The van der Waals surface area contributed by atoms with Gasteiger partial charge in [-0.3, -0.25) is 24.3 Å². The lowest BCUT2D eigenvalue weighted by Crippen LogP contribution is -2.33. The molecule has 3 rings (SSSR count). The Morgan fingerprint density at radius 1 is 1.09 bits per heavy atom. The van der Waals surface area contributed by atoms with E-state index in [2.05, 4.69) is 4.98 Å². The first-order valence-corrected chi connectivity index (χ1v) is 7.71. The first kappa shape index (κ1) is 15.2. The average Bonchev–Trinajstić information content (AvgIpc) is 2.84. The number of rotatable bonds is 4. The van der Waals surface area contributed by atoms with Gasteiger partial charge in [-0.05, 0) is 30.0 Å². The summed E-state index contributed by atoms with van der Waals surface area (Å²) in [6.45, 7) is -0.256. The summed E-state index contributed by atoms with van der Waals surface area (Å²) in [6.07, 6.45) is 3.16. The molecule has 2 aromatic rings. The predicted molar refractivity (Wildman–Crippen MR) is 87.7 cm³/mol. The molecule has 0 unspecified atom stereocenters. The lowest BCUT2D eigenvalue weighted by Gasteiger charge is -2.11. The lowest BCUT2D eigenvalue weighted by molar-refractivity contribution is -0.122. The van der Waals surface area contributed by atoms with E-state index in [0.29, 0.717) is 11.3 Å². The van der Waals surface area contributed by atoms with E-state index >= 15 is 0 Å². The SMILES string of the molecule is O=C(CN1C(=O)S/C(=C/c2ccccn2)C1=O)c1ccccc1. The summed E-state index contributed by atoms with van der Waals surface area (Å²) < 4.78 is 0. The second kappa shape index (κ2) is 6.58. The number of Topliss-reactive ketones (excluding diaryl/α,β-unsaturated/α-hetero) is 1. The quantitative estimate of drug-likeness (QED) is 0.639. The van der Waals surface area contributed by atoms with Gasteiger partial charge in [-0.25, -0.2) is 0 Å². The van der Waals surface area contributed by atoms with E-state index in [0.717, 1.165) is 16.7 Å². The first-order valence-electron chi connectivity index (χ1n) is 6.90. The van der Waals surface area contributed by atoms with Crippen molar-refractivity contribution >= 4 is 34.8 Å². The number of carbonyl (C=O) groups is 3. The zero-order chi connectivity index (χ0) is 16.2. The van der Waals surface area contributed by atoms with Crippen LogP contribution in [0.5, 0.6) is 0 Å². The monoisotopic (exact) mass is 324 g/mol. The van der Waals surface area contributed by atoms with E-state index in [4.69, 9.17) is 0 Å². The van der Waals surface area contributed by atoms with Crippen molar-refractivity contribution in [3.05, 3.63) is 70.9 Å². The van der Waals surface area contributed by atoms with Gasteiger partial charge in [0.15, 0.2) is 5.78 Å². The number of hydrogen-bond donors (Lipinski definition) is 0. The number of aromatic nitrogens is 1. The molecule has 6 heteroatoms. The Morgan fingerprint density at radius 2 is 1.83 bits per heavy atom. The van der Waals surface area contributed by atoms with Gasteiger partial charge in [0, 0.05) is 11.8 Å². The number of ketones is 1. The molecule has 1 fully saturated rings. The fourth-order valence-electron chi connectivity index (χ4n) is 2.09. The van der Waals surface area contributed by atoms with E-state index in [1.807, 2.05) is 0 Å². The van der Waals surface area contributed by atoms with Crippen LogP contribution < -0.4 is 0 Å². The molecule has 23 heavy (non-hydrogen) atoms. The molecule has 0 atom stereocenters. The van der Waals surface area contributed by atoms with Crippen LogP contribution in [0.1, 0.15) is 16.1 Å². The molecular weight excluding hydrogens is 312 g/mol. The van der Waals surface area contributed by atoms with Crippen LogP contribution in [0, 0.1) is 0 Å². The summed E-state index contributed by atoms with van der Waals surface area (Å²) in [7, 11) is 0. The van der Waals surface area contributed by atoms with Gasteiger partial charge in [0.2, 0.25) is 0 Å². The highest BCUT2D eigenvalue weighted by Crippen LogP contribution is 2.31. The lowest BCUT2D eigenvalue weighted by atomic mass is 10.1. The number of pyridine rings is 1. The van der Waals surface area contributed by atoms with E-state index in [-0.39, 0.29) is 17.2 Å². The van der Waals surface area contributed by atoms with Crippen molar-refractivity contribution in [2.75, 3.05) is 6.54 Å². The number of amides is 2. The number of benzene rings is 1. The van der Waals surface area contributed by atoms with Crippen molar-refractivity contribution in [1.29, 1.82) is 0 Å². The molecule has 1 aromatic carbocycles. The molecule has 1 aliphatic rings. The summed E-state index contributed by atoms with van der Waals surface area (Å²) >= 11 is 0.820. The van der Waals surface area contributed by atoms with Crippen molar-refractivity contribution in [2.24, 2.45) is 0 Å². The second-order valence-electron chi connectivity index (χ2n) is 4.81. The molecule has 2 heterocycles. The third-order valence-electron chi connectivity index (χ3n) is 3.24. The Bertz CT molecular complexity index is 788. The molecule has 0 spiro atoms. The maximum Gasteiger partial charge on any atom is 0.293 e. The van der Waals surface area contributed by atoms with Crippen LogP contribution in [0.15, 0.2) is 59.6 Å². The van der Waals surface area contributed by atoms with E-state index in [1.54, 1.807) is 60.8 Å². The van der Waals surface area contributed by atoms with Crippen LogP contribution in [0.25, 0.3) is 6.08 Å². The van der Waals surface area contributed by atoms with Gasteiger partial charge >= 0.3 is 0 Å². The third kappa shape index (κ3) is 3.37. The van der Waals surface area contributed by atoms with Gasteiger partial charge in [-0.2, -0.15) is 0 Å². The fraction of sp³-hybridized carbons (Fsp3) is 0.0588. The van der Waals surface area contributed by atoms with E-state index in [9.17, 15) is 14.4 Å². The Hall–Kier alpha value is -2.73. The molecule has 0 saturated carbocycles.